The van der Waals surface area contributed by atoms with E-state index in [1.165, 1.54) is 0 Å². The predicted molar refractivity (Wildman–Crippen MR) is 67.8 cm³/mol. The van der Waals surface area contributed by atoms with E-state index in [9.17, 15) is 0 Å². The zero-order valence-electron chi connectivity index (χ0n) is 8.84. The summed E-state index contributed by atoms with van der Waals surface area (Å²) in [4.78, 5) is 4.12. The quantitative estimate of drug-likeness (QED) is 0.716. The largest absolute Gasteiger partial charge is 0.366 e. The first-order valence-corrected chi connectivity index (χ1v) is 5.48. The lowest BCUT2D eigenvalue weighted by Gasteiger charge is -2.03. The molecule has 5 heteroatoms. The highest BCUT2D eigenvalue weighted by Crippen LogP contribution is 2.27. The van der Waals surface area contributed by atoms with E-state index in [-0.39, 0.29) is 5.95 Å². The molecule has 2 aromatic heterocycles. The standard InChI is InChI=1S/C12H9ClN4/c13-10-4-2-1-3-9(10)8-5-6-17-11(7-8)15-12(14)16-17/h1-7H,(H2,14,16). The number of halogens is 1. The molecule has 0 bridgehead atoms. The third kappa shape index (κ3) is 1.72. The molecular weight excluding hydrogens is 236 g/mol. The van der Waals surface area contributed by atoms with Crippen LogP contribution in [-0.4, -0.2) is 14.6 Å². The third-order valence-electron chi connectivity index (χ3n) is 2.54. The second-order valence-electron chi connectivity index (χ2n) is 3.67. The van der Waals surface area contributed by atoms with E-state index in [4.69, 9.17) is 17.3 Å². The Balaban J connectivity index is 2.21. The number of benzene rings is 1. The van der Waals surface area contributed by atoms with E-state index in [0.29, 0.717) is 10.7 Å². The maximum absolute atomic E-state index is 6.15. The number of nitrogens with zero attached hydrogens (tertiary/aromatic N) is 3. The van der Waals surface area contributed by atoms with Crippen molar-refractivity contribution >= 4 is 23.2 Å². The van der Waals surface area contributed by atoms with Crippen molar-refractivity contribution in [3.63, 3.8) is 0 Å². The van der Waals surface area contributed by atoms with Crippen molar-refractivity contribution < 1.29 is 0 Å². The van der Waals surface area contributed by atoms with Gasteiger partial charge >= 0.3 is 0 Å². The summed E-state index contributed by atoms with van der Waals surface area (Å²) in [5.41, 5.74) is 8.21. The summed E-state index contributed by atoms with van der Waals surface area (Å²) in [6.07, 6.45) is 1.82. The molecule has 0 spiro atoms. The van der Waals surface area contributed by atoms with Gasteiger partial charge in [-0.15, -0.1) is 5.10 Å². The normalized spacial score (nSPS) is 10.9. The summed E-state index contributed by atoms with van der Waals surface area (Å²) in [5, 5.41) is 4.73. The molecule has 0 atom stereocenters. The smallest absolute Gasteiger partial charge is 0.240 e. The molecule has 2 N–H and O–H groups in total. The van der Waals surface area contributed by atoms with Crippen molar-refractivity contribution in [2.45, 2.75) is 0 Å². The fraction of sp³-hybridized carbons (Fsp3) is 0. The first-order valence-electron chi connectivity index (χ1n) is 5.11. The molecule has 0 aliphatic rings. The number of hydrogen-bond acceptors (Lipinski definition) is 3. The highest BCUT2D eigenvalue weighted by molar-refractivity contribution is 6.33. The molecule has 17 heavy (non-hydrogen) atoms. The Morgan fingerprint density at radius 1 is 1.18 bits per heavy atom. The molecule has 0 saturated heterocycles. The topological polar surface area (TPSA) is 56.2 Å². The van der Waals surface area contributed by atoms with Crippen LogP contribution in [0.25, 0.3) is 16.8 Å². The molecule has 3 rings (SSSR count). The summed E-state index contributed by atoms with van der Waals surface area (Å²) in [5.74, 6) is 0.265. The average molecular weight is 245 g/mol. The van der Waals surface area contributed by atoms with Gasteiger partial charge in [0.15, 0.2) is 5.65 Å². The van der Waals surface area contributed by atoms with Crippen molar-refractivity contribution in [1.29, 1.82) is 0 Å². The second kappa shape index (κ2) is 3.75. The third-order valence-corrected chi connectivity index (χ3v) is 2.87. The van der Waals surface area contributed by atoms with Gasteiger partial charge in [0.25, 0.3) is 0 Å². The monoisotopic (exact) mass is 244 g/mol. The summed E-state index contributed by atoms with van der Waals surface area (Å²) in [6.45, 7) is 0. The van der Waals surface area contributed by atoms with Gasteiger partial charge in [-0.05, 0) is 23.8 Å². The van der Waals surface area contributed by atoms with Crippen LogP contribution in [0.15, 0.2) is 42.6 Å². The predicted octanol–water partition coefficient (Wildman–Crippen LogP) is 2.63. The molecule has 0 saturated carbocycles. The number of anilines is 1. The molecule has 2 heterocycles. The van der Waals surface area contributed by atoms with Gasteiger partial charge in [0.2, 0.25) is 5.95 Å². The molecule has 0 unspecified atom stereocenters. The van der Waals surface area contributed by atoms with Gasteiger partial charge in [-0.25, -0.2) is 4.52 Å². The highest BCUT2D eigenvalue weighted by Gasteiger charge is 2.05. The van der Waals surface area contributed by atoms with Crippen LogP contribution < -0.4 is 5.73 Å². The summed E-state index contributed by atoms with van der Waals surface area (Å²) in [6, 6.07) is 11.5. The number of fused-ring (bicyclic) bond motifs is 1. The molecule has 0 aliphatic heterocycles. The van der Waals surface area contributed by atoms with Gasteiger partial charge in [-0.2, -0.15) is 4.98 Å². The number of nitrogens with two attached hydrogens (primary N) is 1. The lowest BCUT2D eigenvalue weighted by Crippen LogP contribution is -1.89. The molecule has 0 aliphatic carbocycles. The minimum absolute atomic E-state index is 0.265. The zero-order valence-corrected chi connectivity index (χ0v) is 9.59. The lowest BCUT2D eigenvalue weighted by molar-refractivity contribution is 0.968. The summed E-state index contributed by atoms with van der Waals surface area (Å²) >= 11 is 6.15. The van der Waals surface area contributed by atoms with E-state index >= 15 is 0 Å². The van der Waals surface area contributed by atoms with Crippen LogP contribution in [-0.2, 0) is 0 Å². The molecule has 3 aromatic rings. The number of hydrogen-bond donors (Lipinski definition) is 1. The number of aromatic nitrogens is 3. The van der Waals surface area contributed by atoms with E-state index in [2.05, 4.69) is 10.1 Å². The molecule has 0 amide bonds. The Labute approximate surface area is 103 Å². The van der Waals surface area contributed by atoms with E-state index in [0.717, 1.165) is 11.1 Å². The molecular formula is C12H9ClN4. The van der Waals surface area contributed by atoms with Gasteiger partial charge < -0.3 is 5.73 Å². The van der Waals surface area contributed by atoms with E-state index < -0.39 is 0 Å². The molecule has 84 valence electrons. The van der Waals surface area contributed by atoms with Crippen molar-refractivity contribution in [2.75, 3.05) is 5.73 Å². The Kier molecular flexibility index (Phi) is 2.23. The maximum Gasteiger partial charge on any atom is 0.240 e. The second-order valence-corrected chi connectivity index (χ2v) is 4.08. The Morgan fingerprint density at radius 3 is 2.82 bits per heavy atom. The SMILES string of the molecule is Nc1nc2cc(-c3ccccc3Cl)ccn2n1. The fourth-order valence-electron chi connectivity index (χ4n) is 1.76. The van der Waals surface area contributed by atoms with Crippen LogP contribution in [0.4, 0.5) is 5.95 Å². The molecule has 0 radical (unpaired) electrons. The zero-order chi connectivity index (χ0) is 11.8. The van der Waals surface area contributed by atoms with Gasteiger partial charge in [0.05, 0.1) is 0 Å². The van der Waals surface area contributed by atoms with Crippen LogP contribution in [0.2, 0.25) is 5.02 Å². The number of rotatable bonds is 1. The average Bonchev–Trinajstić information content (AvgIpc) is 2.68. The van der Waals surface area contributed by atoms with E-state index in [1.54, 1.807) is 4.52 Å². The first-order chi connectivity index (χ1) is 8.24. The fourth-order valence-corrected chi connectivity index (χ4v) is 2.01. The Bertz CT molecular complexity index is 690. The van der Waals surface area contributed by atoms with E-state index in [1.807, 2.05) is 42.6 Å². The Hall–Kier alpha value is -2.07. The first kappa shape index (κ1) is 10.1. The van der Waals surface area contributed by atoms with Crippen LogP contribution in [0.5, 0.6) is 0 Å². The van der Waals surface area contributed by atoms with Crippen molar-refractivity contribution in [3.8, 4) is 11.1 Å². The molecule has 1 aromatic carbocycles. The van der Waals surface area contributed by atoms with Crippen LogP contribution in [0.1, 0.15) is 0 Å². The number of nitrogen functional groups attached to an aromatic ring is 1. The van der Waals surface area contributed by atoms with Crippen LogP contribution >= 0.6 is 11.6 Å². The van der Waals surface area contributed by atoms with Crippen LogP contribution in [0, 0.1) is 0 Å². The molecule has 4 nitrogen and oxygen atoms in total. The Morgan fingerprint density at radius 2 is 2.00 bits per heavy atom. The van der Waals surface area contributed by atoms with Crippen LogP contribution in [0.3, 0.4) is 0 Å². The van der Waals surface area contributed by atoms with Gasteiger partial charge in [-0.3, -0.25) is 0 Å². The van der Waals surface area contributed by atoms with Gasteiger partial charge in [-0.1, -0.05) is 29.8 Å². The maximum atomic E-state index is 6.15. The minimum atomic E-state index is 0.265. The lowest BCUT2D eigenvalue weighted by atomic mass is 10.1. The van der Waals surface area contributed by atoms with Crippen molar-refractivity contribution in [2.24, 2.45) is 0 Å². The van der Waals surface area contributed by atoms with Crippen molar-refractivity contribution in [1.82, 2.24) is 14.6 Å². The van der Waals surface area contributed by atoms with Gasteiger partial charge in [0, 0.05) is 16.8 Å². The molecule has 0 fully saturated rings. The highest BCUT2D eigenvalue weighted by atomic mass is 35.5. The minimum Gasteiger partial charge on any atom is -0.366 e. The van der Waals surface area contributed by atoms with Crippen molar-refractivity contribution in [3.05, 3.63) is 47.6 Å². The summed E-state index contributed by atoms with van der Waals surface area (Å²) in [7, 11) is 0. The van der Waals surface area contributed by atoms with Gasteiger partial charge in [0.1, 0.15) is 0 Å². The summed E-state index contributed by atoms with van der Waals surface area (Å²) < 4.78 is 1.63. The number of pyridine rings is 1.